The summed E-state index contributed by atoms with van der Waals surface area (Å²) in [5.74, 6) is -1.82. The van der Waals surface area contributed by atoms with E-state index in [4.69, 9.17) is 43.1 Å². The third-order valence-electron chi connectivity index (χ3n) is 3.42. The molecule has 0 unspecified atom stereocenters. The number of thiocarbonyl (C=S) groups is 1. The lowest BCUT2D eigenvalue weighted by atomic mass is 9.93. The Morgan fingerprint density at radius 3 is 2.62 bits per heavy atom. The molecule has 1 aliphatic heterocycles. The van der Waals surface area contributed by atoms with Gasteiger partial charge >= 0.3 is 5.97 Å². The van der Waals surface area contributed by atoms with E-state index >= 15 is 0 Å². The van der Waals surface area contributed by atoms with E-state index in [9.17, 15) is 14.7 Å². The molecular formula is C13H21ClN2O7S. The fourth-order valence-electron chi connectivity index (χ4n) is 2.38. The molecule has 11 heteroatoms. The molecule has 1 amide bonds. The molecule has 0 aromatic heterocycles. The van der Waals surface area contributed by atoms with Gasteiger partial charge in [0.15, 0.2) is 5.11 Å². The van der Waals surface area contributed by atoms with Crippen LogP contribution in [0.4, 0.5) is 0 Å². The molecule has 0 spiro atoms. The van der Waals surface area contributed by atoms with E-state index in [2.05, 4.69) is 10.6 Å². The summed E-state index contributed by atoms with van der Waals surface area (Å²) in [4.78, 5) is 21.7. The molecule has 1 fully saturated rings. The molecule has 1 heterocycles. The predicted molar refractivity (Wildman–Crippen MR) is 88.0 cm³/mol. The van der Waals surface area contributed by atoms with Crippen LogP contribution in [-0.2, 0) is 23.8 Å². The van der Waals surface area contributed by atoms with Gasteiger partial charge in [0.05, 0.1) is 18.8 Å². The second-order valence-corrected chi connectivity index (χ2v) is 5.84. The van der Waals surface area contributed by atoms with Gasteiger partial charge in [-0.25, -0.2) is 4.79 Å². The largest absolute Gasteiger partial charge is 0.480 e. The molecule has 0 radical (unpaired) electrons. The molecule has 4 N–H and O–H groups in total. The number of ether oxygens (including phenoxy) is 3. The van der Waals surface area contributed by atoms with Crippen LogP contribution in [0.5, 0.6) is 0 Å². The minimum absolute atomic E-state index is 0.00980. The summed E-state index contributed by atoms with van der Waals surface area (Å²) in [5, 5.41) is 24.2. The lowest BCUT2D eigenvalue weighted by Gasteiger charge is -2.43. The maximum Gasteiger partial charge on any atom is 0.329 e. The Kier molecular flexibility index (Phi) is 8.81. The highest BCUT2D eigenvalue weighted by Gasteiger charge is 2.44. The number of amides is 1. The lowest BCUT2D eigenvalue weighted by Crippen LogP contribution is -2.65. The summed E-state index contributed by atoms with van der Waals surface area (Å²) in [6.07, 6.45) is -2.94. The highest BCUT2D eigenvalue weighted by molar-refractivity contribution is 7.80. The van der Waals surface area contributed by atoms with Crippen molar-refractivity contribution in [3.63, 3.8) is 0 Å². The fraction of sp³-hybridized carbons (Fsp3) is 0.769. The lowest BCUT2D eigenvalue weighted by molar-refractivity contribution is -0.202. The normalized spacial score (nSPS) is 29.8. The Morgan fingerprint density at radius 2 is 2.08 bits per heavy atom. The highest BCUT2D eigenvalue weighted by atomic mass is 35.5. The van der Waals surface area contributed by atoms with Crippen LogP contribution in [0.25, 0.3) is 0 Å². The van der Waals surface area contributed by atoms with Gasteiger partial charge in [0.1, 0.15) is 30.8 Å². The Bertz CT molecular complexity index is 468. The van der Waals surface area contributed by atoms with Crippen LogP contribution in [0.3, 0.4) is 0 Å². The number of carboxylic acid groups (broad SMARTS) is 1. The molecule has 1 aliphatic rings. The number of nitrogens with one attached hydrogen (secondary N) is 2. The topological polar surface area (TPSA) is 126 Å². The Morgan fingerprint density at radius 1 is 1.42 bits per heavy atom. The fourth-order valence-corrected chi connectivity index (χ4v) is 2.69. The molecule has 9 nitrogen and oxygen atoms in total. The third-order valence-corrected chi connectivity index (χ3v) is 3.88. The number of aliphatic hydroxyl groups excluding tert-OH is 1. The van der Waals surface area contributed by atoms with Crippen LogP contribution in [-0.4, -0.2) is 83.9 Å². The number of carbonyl (C=O) groups excluding carboxylic acids is 1. The van der Waals surface area contributed by atoms with Crippen molar-refractivity contribution in [1.29, 1.82) is 0 Å². The van der Waals surface area contributed by atoms with Crippen molar-refractivity contribution in [2.75, 3.05) is 26.2 Å². The van der Waals surface area contributed by atoms with Gasteiger partial charge < -0.3 is 35.1 Å². The van der Waals surface area contributed by atoms with Gasteiger partial charge in [-0.05, 0) is 19.1 Å². The number of hydrogen-bond acceptors (Lipinski definition) is 7. The smallest absolute Gasteiger partial charge is 0.329 e. The molecule has 1 saturated heterocycles. The number of halogens is 1. The van der Waals surface area contributed by atoms with Crippen LogP contribution < -0.4 is 10.6 Å². The first-order valence-electron chi connectivity index (χ1n) is 7.12. The molecule has 0 aromatic carbocycles. The Labute approximate surface area is 149 Å². The summed E-state index contributed by atoms with van der Waals surface area (Å²) in [5.41, 5.74) is 0. The van der Waals surface area contributed by atoms with Gasteiger partial charge in [0.25, 0.3) is 0 Å². The first-order valence-corrected chi connectivity index (χ1v) is 8.06. The van der Waals surface area contributed by atoms with Crippen molar-refractivity contribution < 1.29 is 34.0 Å². The van der Waals surface area contributed by atoms with Crippen molar-refractivity contribution in [2.45, 2.75) is 37.4 Å². The number of rotatable bonds is 7. The highest BCUT2D eigenvalue weighted by Crippen LogP contribution is 2.23. The van der Waals surface area contributed by atoms with Gasteiger partial charge in [0, 0.05) is 7.11 Å². The van der Waals surface area contributed by atoms with E-state index < -0.39 is 48.9 Å². The van der Waals surface area contributed by atoms with Crippen LogP contribution in [0.2, 0.25) is 0 Å². The van der Waals surface area contributed by atoms with Gasteiger partial charge in [-0.15, -0.1) is 11.6 Å². The standard InChI is InChI=1S/C13H21ClN2O7S/c1-6-10(16-13(24)15-8(17)3-14)11(20)12(21-2)7(23-6)4-22-5-9(18)19/h6-7,10-12,20H,3-5H2,1-2H3,(H,18,19)(H2,15,16,17,24)/t6-,7+,10-,11-,12+/m0/s1. The average Bonchev–Trinajstić information content (AvgIpc) is 2.51. The van der Waals surface area contributed by atoms with Crippen molar-refractivity contribution >= 4 is 40.8 Å². The first kappa shape index (κ1) is 21.0. The number of aliphatic hydroxyl groups is 1. The van der Waals surface area contributed by atoms with Gasteiger partial charge in [-0.1, -0.05) is 0 Å². The molecule has 138 valence electrons. The van der Waals surface area contributed by atoms with Crippen molar-refractivity contribution in [2.24, 2.45) is 0 Å². The van der Waals surface area contributed by atoms with Gasteiger partial charge in [-0.2, -0.15) is 0 Å². The Balaban J connectivity index is 2.66. The molecular weight excluding hydrogens is 364 g/mol. The number of hydrogen-bond donors (Lipinski definition) is 4. The van der Waals surface area contributed by atoms with E-state index in [1.807, 2.05) is 0 Å². The van der Waals surface area contributed by atoms with Crippen LogP contribution in [0.15, 0.2) is 0 Å². The van der Waals surface area contributed by atoms with Gasteiger partial charge in [-0.3, -0.25) is 4.79 Å². The number of alkyl halides is 1. The van der Waals surface area contributed by atoms with Crippen molar-refractivity contribution in [3.05, 3.63) is 0 Å². The Hall–Kier alpha value is -1.04. The molecule has 0 aromatic rings. The predicted octanol–water partition coefficient (Wildman–Crippen LogP) is -1.15. The molecule has 0 aliphatic carbocycles. The van der Waals surface area contributed by atoms with Crippen molar-refractivity contribution in [1.82, 2.24) is 10.6 Å². The van der Waals surface area contributed by atoms with E-state index in [1.54, 1.807) is 6.92 Å². The summed E-state index contributed by atoms with van der Waals surface area (Å²) in [7, 11) is 1.39. The van der Waals surface area contributed by atoms with E-state index in [-0.39, 0.29) is 17.6 Å². The average molecular weight is 385 g/mol. The summed E-state index contributed by atoms with van der Waals surface area (Å²) in [6.45, 7) is 1.17. The van der Waals surface area contributed by atoms with Gasteiger partial charge in [0.2, 0.25) is 5.91 Å². The first-order chi connectivity index (χ1) is 11.3. The monoisotopic (exact) mass is 384 g/mol. The molecule has 5 atom stereocenters. The SMILES string of the molecule is CO[C@H]1[C@@H](O)[C@@H](NC(=S)NC(=O)CCl)[C@H](C)O[C@@H]1COCC(=O)O. The van der Waals surface area contributed by atoms with E-state index in [0.717, 1.165) is 0 Å². The summed E-state index contributed by atoms with van der Waals surface area (Å²) >= 11 is 10.4. The van der Waals surface area contributed by atoms with Crippen LogP contribution in [0.1, 0.15) is 6.92 Å². The van der Waals surface area contributed by atoms with Crippen molar-refractivity contribution in [3.8, 4) is 0 Å². The zero-order valence-corrected chi connectivity index (χ0v) is 14.8. The molecule has 0 bridgehead atoms. The summed E-state index contributed by atoms with van der Waals surface area (Å²) in [6, 6.07) is -0.645. The molecule has 1 rings (SSSR count). The number of methoxy groups -OCH3 is 1. The number of carbonyl (C=O) groups is 2. The number of carboxylic acids is 1. The quantitative estimate of drug-likeness (QED) is 0.318. The third kappa shape index (κ3) is 6.11. The van der Waals surface area contributed by atoms with Crippen LogP contribution in [0, 0.1) is 0 Å². The minimum Gasteiger partial charge on any atom is -0.480 e. The zero-order chi connectivity index (χ0) is 18.3. The second kappa shape index (κ2) is 10.1. The van der Waals surface area contributed by atoms with Crippen LogP contribution >= 0.6 is 23.8 Å². The zero-order valence-electron chi connectivity index (χ0n) is 13.2. The minimum atomic E-state index is -1.10. The molecule has 24 heavy (non-hydrogen) atoms. The van der Waals surface area contributed by atoms with E-state index in [1.165, 1.54) is 7.11 Å². The maximum absolute atomic E-state index is 11.2. The number of aliphatic carboxylic acids is 1. The molecule has 0 saturated carbocycles. The maximum atomic E-state index is 11.2. The summed E-state index contributed by atoms with van der Waals surface area (Å²) < 4.78 is 16.0. The van der Waals surface area contributed by atoms with E-state index in [0.29, 0.717) is 0 Å². The second-order valence-electron chi connectivity index (χ2n) is 5.16.